The minimum Gasteiger partial charge on any atom is -0.376 e. The molecule has 2 aliphatic heterocycles. The molecule has 2 atom stereocenters. The second-order valence-corrected chi connectivity index (χ2v) is 4.39. The standard InChI is InChI=1S/C11H17FN2O2/c1-8-5-10(7-16-8)13-11(15)14-4-2-3-9(12)6-14/h3,8,10H,2,4-7H2,1H3,(H,13,15). The number of nitrogens with zero attached hydrogens (tertiary/aromatic N) is 1. The molecule has 2 unspecified atom stereocenters. The Balaban J connectivity index is 1.82. The van der Waals surface area contributed by atoms with Crippen molar-refractivity contribution in [3.8, 4) is 0 Å². The smallest absolute Gasteiger partial charge is 0.318 e. The fraction of sp³-hybridized carbons (Fsp3) is 0.727. The highest BCUT2D eigenvalue weighted by molar-refractivity contribution is 5.75. The second-order valence-electron chi connectivity index (χ2n) is 4.39. The van der Waals surface area contributed by atoms with Crippen molar-refractivity contribution in [3.05, 3.63) is 11.9 Å². The molecule has 1 N–H and O–H groups in total. The number of carbonyl (C=O) groups is 1. The summed E-state index contributed by atoms with van der Waals surface area (Å²) in [6, 6.07) is -0.123. The minimum absolute atomic E-state index is 0.0662. The van der Waals surface area contributed by atoms with E-state index in [2.05, 4.69) is 5.32 Å². The molecule has 0 aromatic rings. The van der Waals surface area contributed by atoms with Crippen molar-refractivity contribution in [2.45, 2.75) is 31.9 Å². The average molecular weight is 228 g/mol. The second kappa shape index (κ2) is 4.82. The number of ether oxygens (including phenoxy) is 1. The number of nitrogens with one attached hydrogen (secondary N) is 1. The Morgan fingerprint density at radius 3 is 3.12 bits per heavy atom. The molecule has 0 aromatic heterocycles. The van der Waals surface area contributed by atoms with E-state index in [1.54, 1.807) is 0 Å². The number of rotatable bonds is 1. The van der Waals surface area contributed by atoms with Crippen molar-refractivity contribution >= 4 is 6.03 Å². The van der Waals surface area contributed by atoms with Crippen LogP contribution in [0.1, 0.15) is 19.8 Å². The molecule has 1 fully saturated rings. The van der Waals surface area contributed by atoms with Crippen molar-refractivity contribution in [2.75, 3.05) is 19.7 Å². The van der Waals surface area contributed by atoms with Crippen molar-refractivity contribution in [1.82, 2.24) is 10.2 Å². The summed E-state index contributed by atoms with van der Waals surface area (Å²) in [5.74, 6) is -0.225. The van der Waals surface area contributed by atoms with Crippen molar-refractivity contribution < 1.29 is 13.9 Å². The Morgan fingerprint density at radius 2 is 2.50 bits per heavy atom. The van der Waals surface area contributed by atoms with Crippen LogP contribution in [0.15, 0.2) is 11.9 Å². The topological polar surface area (TPSA) is 41.6 Å². The van der Waals surface area contributed by atoms with Gasteiger partial charge in [0, 0.05) is 6.54 Å². The summed E-state index contributed by atoms with van der Waals surface area (Å²) in [6.07, 6.45) is 3.16. The lowest BCUT2D eigenvalue weighted by Gasteiger charge is -2.26. The van der Waals surface area contributed by atoms with Gasteiger partial charge in [0.15, 0.2) is 0 Å². The summed E-state index contributed by atoms with van der Waals surface area (Å²) < 4.78 is 18.3. The molecular weight excluding hydrogens is 211 g/mol. The third-order valence-corrected chi connectivity index (χ3v) is 2.92. The number of amides is 2. The van der Waals surface area contributed by atoms with Gasteiger partial charge in [0.25, 0.3) is 0 Å². The van der Waals surface area contributed by atoms with Crippen molar-refractivity contribution in [2.24, 2.45) is 0 Å². The molecular formula is C11H17FN2O2. The van der Waals surface area contributed by atoms with E-state index in [0.717, 1.165) is 6.42 Å². The van der Waals surface area contributed by atoms with Crippen LogP contribution in [0, 0.1) is 0 Å². The van der Waals surface area contributed by atoms with Crippen LogP contribution in [0.3, 0.4) is 0 Å². The fourth-order valence-corrected chi connectivity index (χ4v) is 2.06. The molecule has 16 heavy (non-hydrogen) atoms. The van der Waals surface area contributed by atoms with E-state index in [9.17, 15) is 9.18 Å². The third-order valence-electron chi connectivity index (χ3n) is 2.92. The summed E-state index contributed by atoms with van der Waals surface area (Å²) in [7, 11) is 0. The van der Waals surface area contributed by atoms with Gasteiger partial charge in [0.2, 0.25) is 0 Å². The van der Waals surface area contributed by atoms with Crippen LogP contribution < -0.4 is 5.32 Å². The quantitative estimate of drug-likeness (QED) is 0.737. The average Bonchev–Trinajstić information content (AvgIpc) is 2.64. The molecule has 5 heteroatoms. The van der Waals surface area contributed by atoms with Gasteiger partial charge in [-0.3, -0.25) is 0 Å². The van der Waals surface area contributed by atoms with Gasteiger partial charge in [-0.1, -0.05) is 0 Å². The van der Waals surface area contributed by atoms with E-state index < -0.39 is 0 Å². The molecule has 0 aliphatic carbocycles. The van der Waals surface area contributed by atoms with E-state index in [4.69, 9.17) is 4.74 Å². The number of carbonyl (C=O) groups excluding carboxylic acids is 1. The Bertz CT molecular complexity index is 306. The largest absolute Gasteiger partial charge is 0.376 e. The lowest BCUT2D eigenvalue weighted by Crippen LogP contribution is -2.46. The van der Waals surface area contributed by atoms with Crippen LogP contribution in [0.25, 0.3) is 0 Å². The van der Waals surface area contributed by atoms with Crippen molar-refractivity contribution in [3.63, 3.8) is 0 Å². The zero-order valence-electron chi connectivity index (χ0n) is 9.41. The van der Waals surface area contributed by atoms with Crippen LogP contribution in [-0.2, 0) is 4.74 Å². The highest BCUT2D eigenvalue weighted by atomic mass is 19.1. The SMILES string of the molecule is CC1CC(NC(=O)N2CCC=C(F)C2)CO1. The van der Waals surface area contributed by atoms with Gasteiger partial charge in [0.1, 0.15) is 5.83 Å². The summed E-state index contributed by atoms with van der Waals surface area (Å²) in [4.78, 5) is 13.3. The molecule has 0 bridgehead atoms. The lowest BCUT2D eigenvalue weighted by atomic mass is 10.2. The molecule has 2 amide bonds. The Labute approximate surface area is 94.4 Å². The highest BCUT2D eigenvalue weighted by Crippen LogP contribution is 2.14. The lowest BCUT2D eigenvalue weighted by molar-refractivity contribution is 0.121. The fourth-order valence-electron chi connectivity index (χ4n) is 2.06. The van der Waals surface area contributed by atoms with E-state index in [-0.39, 0.29) is 30.5 Å². The minimum atomic E-state index is -0.225. The van der Waals surface area contributed by atoms with Crippen LogP contribution in [-0.4, -0.2) is 42.8 Å². The molecule has 0 radical (unpaired) electrons. The summed E-state index contributed by atoms with van der Waals surface area (Å²) in [6.45, 7) is 3.21. The molecule has 4 nitrogen and oxygen atoms in total. The van der Waals surface area contributed by atoms with E-state index in [1.807, 2.05) is 6.92 Å². The molecule has 2 heterocycles. The van der Waals surface area contributed by atoms with Crippen LogP contribution in [0.2, 0.25) is 0 Å². The van der Waals surface area contributed by atoms with Gasteiger partial charge in [-0.05, 0) is 25.8 Å². The third kappa shape index (κ3) is 2.72. The predicted molar refractivity (Wildman–Crippen MR) is 57.7 cm³/mol. The van der Waals surface area contributed by atoms with Crippen molar-refractivity contribution in [1.29, 1.82) is 0 Å². The predicted octanol–water partition coefficient (Wildman–Crippen LogP) is 1.43. The maximum atomic E-state index is 13.0. The maximum Gasteiger partial charge on any atom is 0.318 e. The van der Waals surface area contributed by atoms with Gasteiger partial charge < -0.3 is 15.0 Å². The van der Waals surface area contributed by atoms with Crippen LogP contribution in [0.5, 0.6) is 0 Å². The number of hydrogen-bond donors (Lipinski definition) is 1. The first-order valence-corrected chi connectivity index (χ1v) is 5.66. The monoisotopic (exact) mass is 228 g/mol. The van der Waals surface area contributed by atoms with Gasteiger partial charge in [-0.15, -0.1) is 0 Å². The summed E-state index contributed by atoms with van der Waals surface area (Å²) in [5, 5.41) is 2.87. The summed E-state index contributed by atoms with van der Waals surface area (Å²) >= 11 is 0. The van der Waals surface area contributed by atoms with E-state index in [0.29, 0.717) is 19.6 Å². The summed E-state index contributed by atoms with van der Waals surface area (Å²) in [5.41, 5.74) is 0. The number of halogens is 1. The highest BCUT2D eigenvalue weighted by Gasteiger charge is 2.26. The molecule has 2 aliphatic rings. The first-order valence-electron chi connectivity index (χ1n) is 5.66. The zero-order valence-corrected chi connectivity index (χ0v) is 9.41. The first kappa shape index (κ1) is 11.4. The Morgan fingerprint density at radius 1 is 1.69 bits per heavy atom. The van der Waals surface area contributed by atoms with Gasteiger partial charge in [0.05, 0.1) is 25.3 Å². The molecule has 0 aromatic carbocycles. The van der Waals surface area contributed by atoms with E-state index >= 15 is 0 Å². The molecule has 0 saturated carbocycles. The van der Waals surface area contributed by atoms with E-state index in [1.165, 1.54) is 11.0 Å². The Kier molecular flexibility index (Phi) is 3.43. The molecule has 90 valence electrons. The molecule has 2 rings (SSSR count). The first-order chi connectivity index (χ1) is 7.65. The van der Waals surface area contributed by atoms with Gasteiger partial charge in [-0.2, -0.15) is 0 Å². The Hall–Kier alpha value is -1.10. The maximum absolute atomic E-state index is 13.0. The zero-order chi connectivity index (χ0) is 11.5. The molecule has 1 saturated heterocycles. The van der Waals surface area contributed by atoms with Crippen LogP contribution in [0.4, 0.5) is 9.18 Å². The number of urea groups is 1. The van der Waals surface area contributed by atoms with Gasteiger partial charge in [-0.25, -0.2) is 9.18 Å². The normalized spacial score (nSPS) is 30.1. The molecule has 0 spiro atoms. The van der Waals surface area contributed by atoms with Gasteiger partial charge >= 0.3 is 6.03 Å². The number of hydrogen-bond acceptors (Lipinski definition) is 2. The van der Waals surface area contributed by atoms with Crippen LogP contribution >= 0.6 is 0 Å².